The lowest BCUT2D eigenvalue weighted by atomic mass is 10.0. The number of Topliss-reactive ketones (excluding diaryl/α,β-unsaturated/α-hetero) is 1. The summed E-state index contributed by atoms with van der Waals surface area (Å²) in [6, 6.07) is 9.84. The van der Waals surface area contributed by atoms with Gasteiger partial charge in [-0.15, -0.1) is 0 Å². The van der Waals surface area contributed by atoms with Crippen LogP contribution in [-0.2, 0) is 9.63 Å². The van der Waals surface area contributed by atoms with Crippen LogP contribution in [-0.4, -0.2) is 11.5 Å². The van der Waals surface area contributed by atoms with Crippen molar-refractivity contribution in [1.82, 2.24) is 0 Å². The average molecular weight is 203 g/mol. The van der Waals surface area contributed by atoms with Crippen molar-refractivity contribution in [3.63, 3.8) is 0 Å². The van der Waals surface area contributed by atoms with Crippen molar-refractivity contribution >= 4 is 11.5 Å². The van der Waals surface area contributed by atoms with Gasteiger partial charge in [-0.25, -0.2) is 0 Å². The van der Waals surface area contributed by atoms with Gasteiger partial charge in [-0.3, -0.25) is 4.79 Å². The summed E-state index contributed by atoms with van der Waals surface area (Å²) >= 11 is 0. The van der Waals surface area contributed by atoms with Gasteiger partial charge in [0.1, 0.15) is 5.71 Å². The molecule has 15 heavy (non-hydrogen) atoms. The van der Waals surface area contributed by atoms with E-state index in [1.165, 1.54) is 0 Å². The monoisotopic (exact) mass is 203 g/mol. The molecule has 0 N–H and O–H groups in total. The number of nitrogens with zero attached hydrogens (tertiary/aromatic N) is 1. The lowest BCUT2D eigenvalue weighted by Gasteiger charge is -2.06. The van der Waals surface area contributed by atoms with Crippen molar-refractivity contribution in [2.24, 2.45) is 5.16 Å². The molecule has 1 heterocycles. The van der Waals surface area contributed by atoms with Gasteiger partial charge in [0.15, 0.2) is 11.9 Å². The van der Waals surface area contributed by atoms with Gasteiger partial charge in [-0.05, 0) is 5.56 Å². The molecular weight excluding hydrogens is 190 g/mol. The predicted molar refractivity (Wildman–Crippen MR) is 57.6 cm³/mol. The molecule has 0 fully saturated rings. The van der Waals surface area contributed by atoms with E-state index in [-0.39, 0.29) is 11.9 Å². The van der Waals surface area contributed by atoms with Crippen molar-refractivity contribution in [3.8, 4) is 0 Å². The molecule has 0 aromatic heterocycles. The largest absolute Gasteiger partial charge is 0.387 e. The zero-order valence-corrected chi connectivity index (χ0v) is 8.64. The summed E-state index contributed by atoms with van der Waals surface area (Å²) in [5.41, 5.74) is 1.63. The van der Waals surface area contributed by atoms with E-state index in [2.05, 4.69) is 5.16 Å². The number of carbonyl (C=O) groups excluding carboxylic acids is 1. The highest BCUT2D eigenvalue weighted by molar-refractivity contribution is 6.40. The van der Waals surface area contributed by atoms with Gasteiger partial charge in [0.25, 0.3) is 0 Å². The van der Waals surface area contributed by atoms with Crippen molar-refractivity contribution < 1.29 is 9.63 Å². The van der Waals surface area contributed by atoms with Gasteiger partial charge in [-0.2, -0.15) is 0 Å². The molecule has 2 rings (SSSR count). The summed E-state index contributed by atoms with van der Waals surface area (Å²) in [6.45, 7) is 1.83. The molecule has 1 aromatic rings. The van der Waals surface area contributed by atoms with Crippen molar-refractivity contribution in [1.29, 1.82) is 0 Å². The van der Waals surface area contributed by atoms with Gasteiger partial charge in [-0.1, -0.05) is 42.4 Å². The Hall–Kier alpha value is -1.64. The topological polar surface area (TPSA) is 38.7 Å². The summed E-state index contributed by atoms with van der Waals surface area (Å²) in [5.74, 6) is 0.0773. The fraction of sp³-hybridized carbons (Fsp3) is 0.333. The summed E-state index contributed by atoms with van der Waals surface area (Å²) in [5, 5.41) is 3.83. The maximum atomic E-state index is 11.4. The molecular formula is C12H13NO2. The molecule has 78 valence electrons. The zero-order chi connectivity index (χ0) is 10.7. The normalized spacial score (nSPS) is 19.5. The van der Waals surface area contributed by atoms with Gasteiger partial charge < -0.3 is 4.84 Å². The van der Waals surface area contributed by atoms with E-state index in [1.807, 2.05) is 37.3 Å². The number of ketones is 1. The minimum atomic E-state index is -0.0864. The SMILES string of the molecule is CCC(=O)C1=NOC(c2ccccc2)C1. The highest BCUT2D eigenvalue weighted by atomic mass is 16.6. The minimum absolute atomic E-state index is 0.0773. The first-order chi connectivity index (χ1) is 7.31. The fourth-order valence-electron chi connectivity index (χ4n) is 1.59. The fourth-order valence-corrected chi connectivity index (χ4v) is 1.59. The first-order valence-corrected chi connectivity index (χ1v) is 5.12. The third kappa shape index (κ3) is 2.06. The van der Waals surface area contributed by atoms with Crippen LogP contribution >= 0.6 is 0 Å². The number of hydrogen-bond acceptors (Lipinski definition) is 3. The van der Waals surface area contributed by atoms with E-state index in [4.69, 9.17) is 4.84 Å². The third-order valence-electron chi connectivity index (χ3n) is 2.48. The van der Waals surface area contributed by atoms with Gasteiger partial charge in [0, 0.05) is 12.8 Å². The number of benzene rings is 1. The molecule has 3 nitrogen and oxygen atoms in total. The van der Waals surface area contributed by atoms with Crippen LogP contribution < -0.4 is 0 Å². The second kappa shape index (κ2) is 4.26. The molecule has 0 radical (unpaired) electrons. The smallest absolute Gasteiger partial charge is 0.180 e. The van der Waals surface area contributed by atoms with Crippen molar-refractivity contribution in [2.75, 3.05) is 0 Å². The molecule has 1 aromatic carbocycles. The molecule has 0 bridgehead atoms. The maximum absolute atomic E-state index is 11.4. The quantitative estimate of drug-likeness (QED) is 0.757. The molecule has 1 aliphatic rings. The van der Waals surface area contributed by atoms with E-state index in [9.17, 15) is 4.79 Å². The predicted octanol–water partition coefficient (Wildman–Crippen LogP) is 2.48. The standard InChI is InChI=1S/C12H13NO2/c1-2-11(14)10-8-12(15-13-10)9-6-4-3-5-7-9/h3-7,12H,2,8H2,1H3. The molecule has 0 amide bonds. The van der Waals surface area contributed by atoms with E-state index in [1.54, 1.807) is 0 Å². The Kier molecular flexibility index (Phi) is 2.81. The van der Waals surface area contributed by atoms with Crippen LogP contribution in [0.4, 0.5) is 0 Å². The Bertz CT molecular complexity index is 384. The lowest BCUT2D eigenvalue weighted by Crippen LogP contribution is -2.11. The number of oxime groups is 1. The van der Waals surface area contributed by atoms with Crippen LogP contribution in [0.5, 0.6) is 0 Å². The van der Waals surface area contributed by atoms with Crippen LogP contribution in [0.3, 0.4) is 0 Å². The molecule has 1 atom stereocenters. The zero-order valence-electron chi connectivity index (χ0n) is 8.64. The van der Waals surface area contributed by atoms with E-state index in [0.717, 1.165) is 5.56 Å². The van der Waals surface area contributed by atoms with Crippen LogP contribution in [0.25, 0.3) is 0 Å². The van der Waals surface area contributed by atoms with E-state index >= 15 is 0 Å². The van der Waals surface area contributed by atoms with Gasteiger partial charge in [0.2, 0.25) is 0 Å². The second-order valence-electron chi connectivity index (χ2n) is 3.52. The highest BCUT2D eigenvalue weighted by Crippen LogP contribution is 2.27. The van der Waals surface area contributed by atoms with Crippen LogP contribution in [0.2, 0.25) is 0 Å². The second-order valence-corrected chi connectivity index (χ2v) is 3.52. The summed E-state index contributed by atoms with van der Waals surface area (Å²) in [4.78, 5) is 16.6. The van der Waals surface area contributed by atoms with E-state index < -0.39 is 0 Å². The van der Waals surface area contributed by atoms with Crippen molar-refractivity contribution in [3.05, 3.63) is 35.9 Å². The molecule has 0 saturated carbocycles. The Morgan fingerprint density at radius 3 is 2.87 bits per heavy atom. The minimum Gasteiger partial charge on any atom is -0.387 e. The summed E-state index contributed by atoms with van der Waals surface area (Å²) in [7, 11) is 0. The summed E-state index contributed by atoms with van der Waals surface area (Å²) in [6.07, 6.45) is 0.997. The third-order valence-corrected chi connectivity index (χ3v) is 2.48. The average Bonchev–Trinajstić information content (AvgIpc) is 2.78. The van der Waals surface area contributed by atoms with Gasteiger partial charge >= 0.3 is 0 Å². The highest BCUT2D eigenvalue weighted by Gasteiger charge is 2.25. The van der Waals surface area contributed by atoms with Crippen molar-refractivity contribution in [2.45, 2.75) is 25.9 Å². The van der Waals surface area contributed by atoms with Crippen LogP contribution in [0.1, 0.15) is 31.4 Å². The molecule has 0 aliphatic carbocycles. The first kappa shape index (κ1) is 9.90. The Labute approximate surface area is 88.7 Å². The van der Waals surface area contributed by atoms with Crippen LogP contribution in [0.15, 0.2) is 35.5 Å². The maximum Gasteiger partial charge on any atom is 0.180 e. The Morgan fingerprint density at radius 2 is 2.20 bits per heavy atom. The Morgan fingerprint density at radius 1 is 1.47 bits per heavy atom. The molecule has 1 aliphatic heterocycles. The lowest BCUT2D eigenvalue weighted by molar-refractivity contribution is -0.112. The summed E-state index contributed by atoms with van der Waals surface area (Å²) < 4.78 is 0. The molecule has 0 spiro atoms. The number of hydrogen-bond donors (Lipinski definition) is 0. The Balaban J connectivity index is 2.05. The number of rotatable bonds is 3. The molecule has 1 unspecified atom stereocenters. The van der Waals surface area contributed by atoms with E-state index in [0.29, 0.717) is 18.6 Å². The molecule has 0 saturated heterocycles. The van der Waals surface area contributed by atoms with Crippen LogP contribution in [0, 0.1) is 0 Å². The first-order valence-electron chi connectivity index (χ1n) is 5.12. The number of carbonyl (C=O) groups is 1. The van der Waals surface area contributed by atoms with Gasteiger partial charge in [0.05, 0.1) is 0 Å². The molecule has 3 heteroatoms.